The van der Waals surface area contributed by atoms with E-state index in [4.69, 9.17) is 16.3 Å². The molecule has 10 heteroatoms. The quantitative estimate of drug-likeness (QED) is 0.461. The van der Waals surface area contributed by atoms with E-state index in [2.05, 4.69) is 0 Å². The molecule has 3 aromatic rings. The van der Waals surface area contributed by atoms with Crippen molar-refractivity contribution < 1.29 is 27.9 Å². The van der Waals surface area contributed by atoms with Crippen molar-refractivity contribution in [2.45, 2.75) is 24.8 Å². The van der Waals surface area contributed by atoms with Crippen molar-refractivity contribution in [2.75, 3.05) is 26.2 Å². The van der Waals surface area contributed by atoms with Crippen molar-refractivity contribution in [3.05, 3.63) is 94.0 Å². The first-order valence-electron chi connectivity index (χ1n) is 11.7. The fourth-order valence-corrected chi connectivity index (χ4v) is 5.61. The summed E-state index contributed by atoms with van der Waals surface area (Å²) in [6, 6.07) is 18.5. The molecule has 0 aliphatic carbocycles. The summed E-state index contributed by atoms with van der Waals surface area (Å²) in [7, 11) is -3.67. The molecule has 0 saturated carbocycles. The van der Waals surface area contributed by atoms with Gasteiger partial charge in [0, 0.05) is 31.2 Å². The number of rotatable bonds is 8. The van der Waals surface area contributed by atoms with Gasteiger partial charge >= 0.3 is 5.97 Å². The van der Waals surface area contributed by atoms with Crippen LogP contribution in [0.25, 0.3) is 0 Å². The molecule has 4 rings (SSSR count). The molecule has 1 fully saturated rings. The lowest BCUT2D eigenvalue weighted by Gasteiger charge is -2.34. The number of hydrogen-bond donors (Lipinski definition) is 1. The van der Waals surface area contributed by atoms with Gasteiger partial charge in [-0.05, 0) is 54.4 Å². The number of ether oxygens (including phenoxy) is 1. The van der Waals surface area contributed by atoms with Crippen LogP contribution in [-0.2, 0) is 27.8 Å². The number of nitrogens with zero attached hydrogens (tertiary/aromatic N) is 2. The Labute approximate surface area is 221 Å². The maximum Gasteiger partial charge on any atom is 0.307 e. The highest BCUT2D eigenvalue weighted by Crippen LogP contribution is 2.26. The van der Waals surface area contributed by atoms with Crippen LogP contribution in [0, 0.1) is 6.92 Å². The van der Waals surface area contributed by atoms with Gasteiger partial charge in [0.15, 0.2) is 0 Å². The Balaban J connectivity index is 1.50. The van der Waals surface area contributed by atoms with Crippen LogP contribution in [0.4, 0.5) is 0 Å². The third-order valence-corrected chi connectivity index (χ3v) is 8.29. The third-order valence-electron chi connectivity index (χ3n) is 6.12. The molecule has 1 amide bonds. The molecule has 37 heavy (non-hydrogen) atoms. The minimum Gasteiger partial charge on any atom is -0.488 e. The maximum absolute atomic E-state index is 13.5. The summed E-state index contributed by atoms with van der Waals surface area (Å²) in [5.74, 6) is -1.03. The Morgan fingerprint density at radius 2 is 1.54 bits per heavy atom. The van der Waals surface area contributed by atoms with E-state index in [9.17, 15) is 23.1 Å². The molecule has 8 nitrogen and oxygen atoms in total. The van der Waals surface area contributed by atoms with E-state index < -0.39 is 16.0 Å². The Morgan fingerprint density at radius 3 is 2.16 bits per heavy atom. The van der Waals surface area contributed by atoms with Crippen LogP contribution in [0.5, 0.6) is 5.75 Å². The molecule has 194 valence electrons. The van der Waals surface area contributed by atoms with Gasteiger partial charge in [-0.3, -0.25) is 9.59 Å². The van der Waals surface area contributed by atoms with E-state index in [1.807, 2.05) is 19.1 Å². The normalized spacial score (nSPS) is 14.4. The molecule has 3 aromatic carbocycles. The van der Waals surface area contributed by atoms with Gasteiger partial charge < -0.3 is 14.7 Å². The van der Waals surface area contributed by atoms with Gasteiger partial charge in [-0.2, -0.15) is 4.31 Å². The highest BCUT2D eigenvalue weighted by molar-refractivity contribution is 7.89. The Bertz CT molecular complexity index is 1380. The molecule has 1 heterocycles. The third kappa shape index (κ3) is 6.49. The van der Waals surface area contributed by atoms with Gasteiger partial charge in [0.25, 0.3) is 5.91 Å². The van der Waals surface area contributed by atoms with E-state index in [0.717, 1.165) is 11.1 Å². The number of carboxylic acid groups (broad SMARTS) is 1. The first-order valence-corrected chi connectivity index (χ1v) is 13.5. The lowest BCUT2D eigenvalue weighted by Crippen LogP contribution is -2.50. The summed E-state index contributed by atoms with van der Waals surface area (Å²) in [6.45, 7) is 2.78. The largest absolute Gasteiger partial charge is 0.488 e. The van der Waals surface area contributed by atoms with Gasteiger partial charge in [0.1, 0.15) is 12.4 Å². The lowest BCUT2D eigenvalue weighted by atomic mass is 10.1. The minimum atomic E-state index is -3.67. The summed E-state index contributed by atoms with van der Waals surface area (Å²) in [4.78, 5) is 26.5. The second-order valence-corrected chi connectivity index (χ2v) is 11.2. The van der Waals surface area contributed by atoms with Gasteiger partial charge in [-0.15, -0.1) is 0 Å². The number of piperazine rings is 1. The van der Waals surface area contributed by atoms with E-state index in [1.165, 1.54) is 10.4 Å². The SMILES string of the molecule is Cc1ccc(S(=O)(=O)N2CCN(C(=O)c3cc(CC(=O)O)ccc3OCc3ccc(Cl)cc3)CC2)cc1. The van der Waals surface area contributed by atoms with Gasteiger partial charge in [-0.25, -0.2) is 8.42 Å². The van der Waals surface area contributed by atoms with Crippen LogP contribution in [0.15, 0.2) is 71.6 Å². The number of benzene rings is 3. The molecule has 0 radical (unpaired) electrons. The zero-order valence-corrected chi connectivity index (χ0v) is 21.8. The molecule has 1 N–H and O–H groups in total. The van der Waals surface area contributed by atoms with E-state index in [0.29, 0.717) is 16.3 Å². The first-order chi connectivity index (χ1) is 17.6. The number of amides is 1. The smallest absolute Gasteiger partial charge is 0.307 e. The molecular formula is C27H27ClN2O6S. The number of hydrogen-bond acceptors (Lipinski definition) is 5. The topological polar surface area (TPSA) is 104 Å². The molecule has 0 bridgehead atoms. The van der Waals surface area contributed by atoms with Crippen molar-refractivity contribution in [1.82, 2.24) is 9.21 Å². The van der Waals surface area contributed by atoms with Crippen LogP contribution in [0.3, 0.4) is 0 Å². The number of carboxylic acids is 1. The van der Waals surface area contributed by atoms with E-state index in [1.54, 1.807) is 53.4 Å². The summed E-state index contributed by atoms with van der Waals surface area (Å²) in [5.41, 5.74) is 2.53. The van der Waals surface area contributed by atoms with Crippen LogP contribution < -0.4 is 4.74 Å². The average molecular weight is 543 g/mol. The van der Waals surface area contributed by atoms with Gasteiger partial charge in [0.05, 0.1) is 16.9 Å². The summed E-state index contributed by atoms with van der Waals surface area (Å²) >= 11 is 5.94. The number of halogens is 1. The standard InChI is InChI=1S/C27H27ClN2O6S/c1-19-2-9-23(10-3-19)37(34,35)30-14-12-29(13-15-30)27(33)24-16-21(17-26(31)32)6-11-25(24)36-18-20-4-7-22(28)8-5-20/h2-11,16H,12-15,17-18H2,1H3,(H,31,32). The van der Waals surface area contributed by atoms with E-state index >= 15 is 0 Å². The Morgan fingerprint density at radius 1 is 0.919 bits per heavy atom. The predicted octanol–water partition coefficient (Wildman–Crippen LogP) is 4.00. The van der Waals surface area contributed by atoms with Crippen LogP contribution in [0.2, 0.25) is 5.02 Å². The summed E-state index contributed by atoms with van der Waals surface area (Å²) in [6.07, 6.45) is -0.236. The molecule has 0 spiro atoms. The van der Waals surface area contributed by atoms with Crippen molar-refractivity contribution in [3.63, 3.8) is 0 Å². The van der Waals surface area contributed by atoms with Crippen LogP contribution >= 0.6 is 11.6 Å². The highest BCUT2D eigenvalue weighted by Gasteiger charge is 2.31. The second-order valence-electron chi connectivity index (χ2n) is 8.83. The molecule has 0 atom stereocenters. The number of aliphatic carboxylic acids is 1. The summed E-state index contributed by atoms with van der Waals surface area (Å²) < 4.78 is 33.4. The van der Waals surface area contributed by atoms with Crippen molar-refractivity contribution in [2.24, 2.45) is 0 Å². The molecule has 1 aliphatic rings. The highest BCUT2D eigenvalue weighted by atomic mass is 35.5. The van der Waals surface area contributed by atoms with Crippen molar-refractivity contribution >= 4 is 33.5 Å². The molecule has 0 aromatic heterocycles. The fourth-order valence-electron chi connectivity index (χ4n) is 4.06. The number of aryl methyl sites for hydroxylation is 1. The minimum absolute atomic E-state index is 0.151. The molecule has 1 saturated heterocycles. The van der Waals surface area contributed by atoms with Crippen LogP contribution in [-0.4, -0.2) is 60.8 Å². The maximum atomic E-state index is 13.5. The number of carbonyl (C=O) groups excluding carboxylic acids is 1. The van der Waals surface area contributed by atoms with Crippen molar-refractivity contribution in [3.8, 4) is 5.75 Å². The Hall–Kier alpha value is -3.40. The summed E-state index contributed by atoms with van der Waals surface area (Å²) in [5, 5.41) is 9.80. The molecule has 0 unspecified atom stereocenters. The number of carbonyl (C=O) groups is 2. The average Bonchev–Trinajstić information content (AvgIpc) is 2.88. The Kier molecular flexibility index (Phi) is 8.16. The zero-order chi connectivity index (χ0) is 26.6. The molecular weight excluding hydrogens is 516 g/mol. The van der Waals surface area contributed by atoms with Crippen molar-refractivity contribution in [1.29, 1.82) is 0 Å². The molecule has 1 aliphatic heterocycles. The number of sulfonamides is 1. The monoisotopic (exact) mass is 542 g/mol. The zero-order valence-electron chi connectivity index (χ0n) is 20.3. The predicted molar refractivity (Wildman–Crippen MR) is 139 cm³/mol. The van der Waals surface area contributed by atoms with Gasteiger partial charge in [0.2, 0.25) is 10.0 Å². The second kappa shape index (κ2) is 11.3. The lowest BCUT2D eigenvalue weighted by molar-refractivity contribution is -0.136. The first kappa shape index (κ1) is 26.7. The fraction of sp³-hybridized carbons (Fsp3) is 0.259. The van der Waals surface area contributed by atoms with Crippen LogP contribution in [0.1, 0.15) is 27.0 Å². The van der Waals surface area contributed by atoms with E-state index in [-0.39, 0.29) is 55.6 Å². The van der Waals surface area contributed by atoms with Gasteiger partial charge in [-0.1, -0.05) is 47.5 Å².